The number of benzene rings is 1. The van der Waals surface area contributed by atoms with Crippen LogP contribution in [0.15, 0.2) is 64.4 Å². The fourth-order valence-electron chi connectivity index (χ4n) is 2.96. The number of aromatic nitrogens is 1. The number of allylic oxidation sites excluding steroid dienone is 3. The average molecular weight is 381 g/mol. The van der Waals surface area contributed by atoms with Gasteiger partial charge in [-0.25, -0.2) is 4.98 Å². The van der Waals surface area contributed by atoms with E-state index in [1.807, 2.05) is 51.0 Å². The molecule has 1 heterocycles. The molecule has 6 heteroatoms. The molecule has 0 saturated carbocycles. The minimum absolute atomic E-state index is 0.0962. The van der Waals surface area contributed by atoms with Gasteiger partial charge in [-0.05, 0) is 45.5 Å². The lowest BCUT2D eigenvalue weighted by Crippen LogP contribution is -2.22. The third-order valence-electron chi connectivity index (χ3n) is 4.43. The van der Waals surface area contributed by atoms with Crippen LogP contribution in [0.1, 0.15) is 48.3 Å². The monoisotopic (exact) mass is 381 g/mol. The Kier molecular flexibility index (Phi) is 7.89. The molecule has 1 aromatic carbocycles. The van der Waals surface area contributed by atoms with Crippen LogP contribution in [0.4, 0.5) is 0 Å². The van der Waals surface area contributed by atoms with Gasteiger partial charge in [-0.15, -0.1) is 0 Å². The zero-order valence-corrected chi connectivity index (χ0v) is 16.8. The van der Waals surface area contributed by atoms with E-state index in [4.69, 9.17) is 4.42 Å². The maximum atomic E-state index is 12.9. The van der Waals surface area contributed by atoms with Crippen molar-refractivity contribution in [1.29, 1.82) is 0 Å². The smallest absolute Gasteiger partial charge is 0.227 e. The van der Waals surface area contributed by atoms with E-state index in [0.717, 1.165) is 12.0 Å². The molecule has 0 aliphatic heterocycles. The zero-order valence-electron chi connectivity index (χ0n) is 16.8. The first-order valence-electron chi connectivity index (χ1n) is 9.28. The van der Waals surface area contributed by atoms with Crippen molar-refractivity contribution in [2.75, 3.05) is 14.1 Å². The van der Waals surface area contributed by atoms with Crippen molar-refractivity contribution in [2.45, 2.75) is 32.7 Å². The van der Waals surface area contributed by atoms with Gasteiger partial charge >= 0.3 is 0 Å². The quantitative estimate of drug-likeness (QED) is 0.294. The van der Waals surface area contributed by atoms with Gasteiger partial charge in [-0.2, -0.15) is 0 Å². The standard InChI is InChI=1S/C22H27N3O3/c1-5-10-18(24-15-26)17(6-2)21(27)20-14-23-22(28-20)19(25(3)4)13-16-11-8-7-9-12-16/h5,7-12,14-15,19H,6,13H2,1-4H3,(H,24,26)/b10-5-,18-17-. The highest BCUT2D eigenvalue weighted by atomic mass is 16.4. The molecule has 1 N–H and O–H groups in total. The molecule has 0 aliphatic carbocycles. The second kappa shape index (κ2) is 10.4. The fraction of sp³-hybridized carbons (Fsp3) is 0.318. The van der Waals surface area contributed by atoms with Crippen molar-refractivity contribution >= 4 is 12.2 Å². The van der Waals surface area contributed by atoms with Gasteiger partial charge in [0.25, 0.3) is 0 Å². The summed E-state index contributed by atoms with van der Waals surface area (Å²) in [5.41, 5.74) is 2.10. The second-order valence-electron chi connectivity index (χ2n) is 6.57. The number of oxazole rings is 1. The lowest BCUT2D eigenvalue weighted by Gasteiger charge is -2.21. The van der Waals surface area contributed by atoms with Gasteiger partial charge in [0.15, 0.2) is 5.76 Å². The van der Waals surface area contributed by atoms with Crippen LogP contribution in [0.25, 0.3) is 0 Å². The van der Waals surface area contributed by atoms with E-state index < -0.39 is 0 Å². The van der Waals surface area contributed by atoms with E-state index in [-0.39, 0.29) is 17.6 Å². The van der Waals surface area contributed by atoms with Crippen molar-refractivity contribution in [3.63, 3.8) is 0 Å². The molecule has 1 unspecified atom stereocenters. The molecule has 6 nitrogen and oxygen atoms in total. The number of ketones is 1. The Morgan fingerprint density at radius 3 is 2.57 bits per heavy atom. The Balaban J connectivity index is 2.32. The highest BCUT2D eigenvalue weighted by Crippen LogP contribution is 2.25. The first kappa shape index (κ1) is 21.3. The Morgan fingerprint density at radius 2 is 2.00 bits per heavy atom. The van der Waals surface area contributed by atoms with E-state index in [9.17, 15) is 9.59 Å². The molecule has 2 aromatic rings. The van der Waals surface area contributed by atoms with E-state index in [0.29, 0.717) is 30.0 Å². The molecule has 0 spiro atoms. The first-order valence-corrected chi connectivity index (χ1v) is 9.28. The van der Waals surface area contributed by atoms with Crippen molar-refractivity contribution in [1.82, 2.24) is 15.2 Å². The van der Waals surface area contributed by atoms with Crippen LogP contribution in [-0.2, 0) is 11.2 Å². The van der Waals surface area contributed by atoms with Gasteiger partial charge in [-0.3, -0.25) is 14.5 Å². The lowest BCUT2D eigenvalue weighted by molar-refractivity contribution is -0.108. The Bertz CT molecular complexity index is 851. The van der Waals surface area contributed by atoms with E-state index in [2.05, 4.69) is 22.4 Å². The summed E-state index contributed by atoms with van der Waals surface area (Å²) >= 11 is 0. The summed E-state index contributed by atoms with van der Waals surface area (Å²) in [7, 11) is 3.91. The Labute approximate surface area is 166 Å². The van der Waals surface area contributed by atoms with Crippen LogP contribution in [0, 0.1) is 0 Å². The highest BCUT2D eigenvalue weighted by Gasteiger charge is 2.24. The molecule has 0 bridgehead atoms. The van der Waals surface area contributed by atoms with E-state index in [1.165, 1.54) is 6.20 Å². The van der Waals surface area contributed by atoms with Crippen LogP contribution in [-0.4, -0.2) is 36.2 Å². The van der Waals surface area contributed by atoms with Crippen molar-refractivity contribution < 1.29 is 14.0 Å². The van der Waals surface area contributed by atoms with Gasteiger partial charge < -0.3 is 9.73 Å². The zero-order chi connectivity index (χ0) is 20.5. The van der Waals surface area contributed by atoms with Crippen molar-refractivity contribution in [3.8, 4) is 0 Å². The number of carbonyl (C=O) groups excluding carboxylic acids is 2. The Hall–Kier alpha value is -2.99. The van der Waals surface area contributed by atoms with E-state index in [1.54, 1.807) is 12.2 Å². The van der Waals surface area contributed by atoms with E-state index >= 15 is 0 Å². The maximum absolute atomic E-state index is 12.9. The summed E-state index contributed by atoms with van der Waals surface area (Å²) < 4.78 is 5.85. The number of hydrogen-bond donors (Lipinski definition) is 1. The summed E-state index contributed by atoms with van der Waals surface area (Å²) in [5, 5.41) is 2.59. The molecule has 148 valence electrons. The van der Waals surface area contributed by atoms with Gasteiger partial charge in [0.1, 0.15) is 0 Å². The minimum Gasteiger partial charge on any atom is -0.435 e. The van der Waals surface area contributed by atoms with Crippen LogP contribution in [0.5, 0.6) is 0 Å². The molecule has 0 radical (unpaired) electrons. The molecule has 0 aliphatic rings. The Morgan fingerprint density at radius 1 is 1.29 bits per heavy atom. The maximum Gasteiger partial charge on any atom is 0.227 e. The van der Waals surface area contributed by atoms with Crippen molar-refractivity contribution in [3.05, 3.63) is 77.2 Å². The molecule has 0 fully saturated rings. The number of carbonyl (C=O) groups is 2. The van der Waals surface area contributed by atoms with Crippen LogP contribution in [0.3, 0.4) is 0 Å². The second-order valence-corrected chi connectivity index (χ2v) is 6.57. The molecule has 0 saturated heterocycles. The summed E-state index contributed by atoms with van der Waals surface area (Å²) in [6, 6.07) is 9.97. The summed E-state index contributed by atoms with van der Waals surface area (Å²) in [4.78, 5) is 30.2. The molecule has 28 heavy (non-hydrogen) atoms. The number of nitrogens with one attached hydrogen (secondary N) is 1. The molecule has 1 aromatic heterocycles. The molecular weight excluding hydrogens is 354 g/mol. The number of nitrogens with zero attached hydrogens (tertiary/aromatic N) is 2. The van der Waals surface area contributed by atoms with Gasteiger partial charge in [0.05, 0.1) is 12.2 Å². The SMILES string of the molecule is C/C=C\C(NC=O)=C(/CC)C(=O)c1cnc(C(Cc2ccccc2)N(C)C)o1. The number of hydrogen-bond acceptors (Lipinski definition) is 5. The van der Waals surface area contributed by atoms with Gasteiger partial charge in [0, 0.05) is 11.3 Å². The average Bonchev–Trinajstić information content (AvgIpc) is 3.17. The lowest BCUT2D eigenvalue weighted by atomic mass is 10.0. The first-order chi connectivity index (χ1) is 13.5. The van der Waals surface area contributed by atoms with Crippen LogP contribution >= 0.6 is 0 Å². The minimum atomic E-state index is -0.277. The number of Topliss-reactive ketones (excluding diaryl/α,β-unsaturated/α-hetero) is 1. The van der Waals surface area contributed by atoms with Gasteiger partial charge in [0.2, 0.25) is 18.1 Å². The van der Waals surface area contributed by atoms with Crippen LogP contribution in [0.2, 0.25) is 0 Å². The fourth-order valence-corrected chi connectivity index (χ4v) is 2.96. The third kappa shape index (κ3) is 5.27. The van der Waals surface area contributed by atoms with Crippen LogP contribution < -0.4 is 5.32 Å². The summed E-state index contributed by atoms with van der Waals surface area (Å²) in [6.07, 6.45) is 6.66. The normalized spacial score (nSPS) is 13.5. The predicted octanol–water partition coefficient (Wildman–Crippen LogP) is 3.69. The number of rotatable bonds is 10. The molecule has 1 atom stereocenters. The summed E-state index contributed by atoms with van der Waals surface area (Å²) in [5.74, 6) is 0.381. The van der Waals surface area contributed by atoms with Gasteiger partial charge in [-0.1, -0.05) is 43.3 Å². The van der Waals surface area contributed by atoms with Crippen molar-refractivity contribution in [2.24, 2.45) is 0 Å². The number of amides is 1. The topological polar surface area (TPSA) is 75.4 Å². The number of likely N-dealkylation sites (N-methyl/N-ethyl adjacent to an activating group) is 1. The molecule has 2 rings (SSSR count). The molecular formula is C22H27N3O3. The molecule has 1 amide bonds. The third-order valence-corrected chi connectivity index (χ3v) is 4.43. The largest absolute Gasteiger partial charge is 0.435 e. The highest BCUT2D eigenvalue weighted by molar-refractivity contribution is 6.07. The predicted molar refractivity (Wildman–Crippen MR) is 109 cm³/mol. The summed E-state index contributed by atoms with van der Waals surface area (Å²) in [6.45, 7) is 3.68.